The summed E-state index contributed by atoms with van der Waals surface area (Å²) in [7, 11) is 0. The Morgan fingerprint density at radius 3 is 1.16 bits per heavy atom. The first kappa shape index (κ1) is 23.0. The van der Waals surface area contributed by atoms with E-state index >= 15 is 0 Å². The van der Waals surface area contributed by atoms with Gasteiger partial charge in [0.25, 0.3) is 0 Å². The van der Waals surface area contributed by atoms with Crippen molar-refractivity contribution in [3.63, 3.8) is 0 Å². The molecule has 174 valence electrons. The molecular formula is C19H28N2O10. The number of ether oxygens (including phenoxy) is 4. The van der Waals surface area contributed by atoms with Crippen LogP contribution in [0, 0.1) is 20.2 Å². The SMILES string of the molecule is O=C(OC1CCC([N+](=O)[O-])CC1)OC1CCC(OC(=O)OC2CCC([N+](=O)[O-])CC2)C1. The average molecular weight is 444 g/mol. The maximum Gasteiger partial charge on any atom is 0.508 e. The van der Waals surface area contributed by atoms with Crippen molar-refractivity contribution < 1.29 is 38.4 Å². The van der Waals surface area contributed by atoms with Gasteiger partial charge in [0, 0.05) is 42.0 Å². The summed E-state index contributed by atoms with van der Waals surface area (Å²) in [4.78, 5) is 44.9. The molecule has 3 saturated carbocycles. The summed E-state index contributed by atoms with van der Waals surface area (Å²) in [5, 5.41) is 21.5. The summed E-state index contributed by atoms with van der Waals surface area (Å²) in [6.07, 6.45) is 1.40. The summed E-state index contributed by atoms with van der Waals surface area (Å²) in [6, 6.07) is -1.15. The van der Waals surface area contributed by atoms with Gasteiger partial charge in [-0.15, -0.1) is 0 Å². The fourth-order valence-electron chi connectivity index (χ4n) is 4.46. The second-order valence-electron chi connectivity index (χ2n) is 8.46. The largest absolute Gasteiger partial charge is 0.508 e. The van der Waals surface area contributed by atoms with Crippen molar-refractivity contribution in [1.82, 2.24) is 0 Å². The Hall–Kier alpha value is -2.66. The minimum atomic E-state index is -0.805. The predicted octanol–water partition coefficient (Wildman–Crippen LogP) is 3.39. The summed E-state index contributed by atoms with van der Waals surface area (Å²) in [5.41, 5.74) is 0. The van der Waals surface area contributed by atoms with Crippen LogP contribution in [0.3, 0.4) is 0 Å². The molecule has 0 heterocycles. The van der Waals surface area contributed by atoms with Crippen LogP contribution in [0.15, 0.2) is 0 Å². The molecule has 12 nitrogen and oxygen atoms in total. The van der Waals surface area contributed by atoms with Gasteiger partial charge in [0.15, 0.2) is 0 Å². The zero-order chi connectivity index (χ0) is 22.4. The van der Waals surface area contributed by atoms with Gasteiger partial charge in [-0.3, -0.25) is 20.2 Å². The van der Waals surface area contributed by atoms with E-state index in [2.05, 4.69) is 0 Å². The zero-order valence-corrected chi connectivity index (χ0v) is 17.2. The second-order valence-corrected chi connectivity index (χ2v) is 8.46. The molecule has 3 fully saturated rings. The molecule has 0 aromatic heterocycles. The van der Waals surface area contributed by atoms with E-state index in [0.29, 0.717) is 70.6 Å². The number of carbonyl (C=O) groups excluding carboxylic acids is 2. The van der Waals surface area contributed by atoms with Crippen LogP contribution in [-0.4, -0.2) is 58.7 Å². The van der Waals surface area contributed by atoms with Crippen LogP contribution in [0.5, 0.6) is 0 Å². The Balaban J connectivity index is 1.30. The highest BCUT2D eigenvalue weighted by molar-refractivity contribution is 5.61. The van der Waals surface area contributed by atoms with Crippen LogP contribution in [0.4, 0.5) is 9.59 Å². The van der Waals surface area contributed by atoms with Gasteiger partial charge in [-0.25, -0.2) is 9.59 Å². The molecule has 2 atom stereocenters. The van der Waals surface area contributed by atoms with Crippen molar-refractivity contribution >= 4 is 12.3 Å². The lowest BCUT2D eigenvalue weighted by Crippen LogP contribution is -2.32. The number of carbonyl (C=O) groups is 2. The first-order valence-corrected chi connectivity index (χ1v) is 10.8. The van der Waals surface area contributed by atoms with Crippen LogP contribution in [0.1, 0.15) is 70.6 Å². The number of nitrogens with zero attached hydrogens (tertiary/aromatic N) is 2. The van der Waals surface area contributed by atoms with E-state index in [9.17, 15) is 29.8 Å². The quantitative estimate of drug-likeness (QED) is 0.338. The van der Waals surface area contributed by atoms with Crippen LogP contribution in [-0.2, 0) is 18.9 Å². The van der Waals surface area contributed by atoms with Gasteiger partial charge in [-0.05, 0) is 38.5 Å². The van der Waals surface area contributed by atoms with Crippen molar-refractivity contribution in [2.24, 2.45) is 0 Å². The van der Waals surface area contributed by atoms with Crippen molar-refractivity contribution in [1.29, 1.82) is 0 Å². The molecule has 31 heavy (non-hydrogen) atoms. The van der Waals surface area contributed by atoms with E-state index in [1.54, 1.807) is 0 Å². The van der Waals surface area contributed by atoms with Crippen LogP contribution in [0.2, 0.25) is 0 Å². The van der Waals surface area contributed by atoms with Gasteiger partial charge in [0.1, 0.15) is 24.4 Å². The zero-order valence-electron chi connectivity index (χ0n) is 17.2. The normalized spacial score (nSPS) is 33.2. The molecule has 0 radical (unpaired) electrons. The third-order valence-corrected chi connectivity index (χ3v) is 6.27. The minimum absolute atomic E-state index is 0.296. The van der Waals surface area contributed by atoms with Crippen molar-refractivity contribution in [2.75, 3.05) is 0 Å². The Bertz CT molecular complexity index is 615. The average Bonchev–Trinajstić information content (AvgIpc) is 3.15. The van der Waals surface area contributed by atoms with Gasteiger partial charge < -0.3 is 18.9 Å². The molecule has 0 aromatic carbocycles. The number of hydrogen-bond donors (Lipinski definition) is 0. The van der Waals surface area contributed by atoms with Gasteiger partial charge in [0.2, 0.25) is 12.1 Å². The molecule has 3 rings (SSSR count). The van der Waals surface area contributed by atoms with E-state index in [1.807, 2.05) is 0 Å². The number of rotatable bonds is 6. The van der Waals surface area contributed by atoms with Crippen LogP contribution >= 0.6 is 0 Å². The van der Waals surface area contributed by atoms with Gasteiger partial charge in [-0.1, -0.05) is 0 Å². The van der Waals surface area contributed by atoms with E-state index < -0.39 is 36.6 Å². The molecule has 2 unspecified atom stereocenters. The Labute approximate surface area is 178 Å². The summed E-state index contributed by atoms with van der Waals surface area (Å²) < 4.78 is 21.1. The number of hydrogen-bond acceptors (Lipinski definition) is 10. The molecule has 3 aliphatic rings. The van der Waals surface area contributed by atoms with Crippen molar-refractivity contribution in [3.8, 4) is 0 Å². The molecule has 0 N–H and O–H groups in total. The second kappa shape index (κ2) is 10.6. The Morgan fingerprint density at radius 1 is 0.548 bits per heavy atom. The lowest BCUT2D eigenvalue weighted by Gasteiger charge is -2.24. The topological polar surface area (TPSA) is 157 Å². The summed E-state index contributed by atoms with van der Waals surface area (Å²) in [6.45, 7) is 0. The molecular weight excluding hydrogens is 416 g/mol. The lowest BCUT2D eigenvalue weighted by atomic mass is 9.93. The molecule has 0 aromatic rings. The van der Waals surface area contributed by atoms with Gasteiger partial charge in [0.05, 0.1) is 0 Å². The van der Waals surface area contributed by atoms with Crippen LogP contribution in [0.25, 0.3) is 0 Å². The van der Waals surface area contributed by atoms with Crippen LogP contribution < -0.4 is 0 Å². The van der Waals surface area contributed by atoms with E-state index in [1.165, 1.54) is 0 Å². The highest BCUT2D eigenvalue weighted by Crippen LogP contribution is 2.28. The smallest absolute Gasteiger partial charge is 0.431 e. The molecule has 12 heteroatoms. The molecule has 0 saturated heterocycles. The highest BCUT2D eigenvalue weighted by atomic mass is 16.7. The monoisotopic (exact) mass is 444 g/mol. The molecule has 0 amide bonds. The van der Waals surface area contributed by atoms with Crippen molar-refractivity contribution in [2.45, 2.75) is 107 Å². The standard InChI is InChI=1S/C19H28N2O10/c22-18(28-14-5-1-12(2-6-14)20(24)25)30-16-9-10-17(11-16)31-19(23)29-15-7-3-13(4-8-15)21(26)27/h12-17H,1-11H2. The van der Waals surface area contributed by atoms with E-state index in [0.717, 1.165) is 0 Å². The molecule has 0 aliphatic heterocycles. The minimum Gasteiger partial charge on any atom is -0.431 e. The Morgan fingerprint density at radius 2 is 0.839 bits per heavy atom. The molecule has 0 bridgehead atoms. The fraction of sp³-hybridized carbons (Fsp3) is 0.895. The molecule has 3 aliphatic carbocycles. The number of nitro groups is 2. The van der Waals surface area contributed by atoms with Gasteiger partial charge >= 0.3 is 12.3 Å². The Kier molecular flexibility index (Phi) is 7.85. The summed E-state index contributed by atoms with van der Waals surface area (Å²) >= 11 is 0. The van der Waals surface area contributed by atoms with Crippen molar-refractivity contribution in [3.05, 3.63) is 20.2 Å². The maximum absolute atomic E-state index is 12.0. The lowest BCUT2D eigenvalue weighted by molar-refractivity contribution is -0.527. The van der Waals surface area contributed by atoms with E-state index in [-0.39, 0.29) is 22.1 Å². The third kappa shape index (κ3) is 6.93. The third-order valence-electron chi connectivity index (χ3n) is 6.27. The summed E-state index contributed by atoms with van der Waals surface area (Å²) in [5.74, 6) is 0. The fourth-order valence-corrected chi connectivity index (χ4v) is 4.46. The highest BCUT2D eigenvalue weighted by Gasteiger charge is 2.35. The predicted molar refractivity (Wildman–Crippen MR) is 103 cm³/mol. The molecule has 0 spiro atoms. The van der Waals surface area contributed by atoms with Gasteiger partial charge in [-0.2, -0.15) is 0 Å². The first-order valence-electron chi connectivity index (χ1n) is 10.8. The van der Waals surface area contributed by atoms with E-state index in [4.69, 9.17) is 18.9 Å². The first-order chi connectivity index (χ1) is 14.8. The maximum atomic E-state index is 12.0.